The smallest absolute Gasteiger partial charge is 0.317 e. The Morgan fingerprint density at radius 2 is 1.65 bits per heavy atom. The van der Waals surface area contributed by atoms with Gasteiger partial charge in [-0.15, -0.1) is 0 Å². The van der Waals surface area contributed by atoms with Crippen molar-refractivity contribution in [3.63, 3.8) is 0 Å². The topological polar surface area (TPSA) is 85.0 Å². The van der Waals surface area contributed by atoms with Crippen LogP contribution in [0.1, 0.15) is 57.8 Å². The zero-order valence-corrected chi connectivity index (χ0v) is 20.5. The minimum Gasteiger partial charge on any atom is -0.353 e. The largest absolute Gasteiger partial charge is 0.353 e. The van der Waals surface area contributed by atoms with Crippen molar-refractivity contribution in [1.82, 2.24) is 25.3 Å². The van der Waals surface area contributed by atoms with Crippen molar-refractivity contribution < 1.29 is 14.4 Å². The summed E-state index contributed by atoms with van der Waals surface area (Å²) in [5.74, 6) is 0.0913. The van der Waals surface area contributed by atoms with Crippen molar-refractivity contribution in [2.24, 2.45) is 5.41 Å². The Bertz CT molecular complexity index is 773. The number of carbonyl (C=O) groups excluding carboxylic acids is 3. The molecule has 0 radical (unpaired) electrons. The van der Waals surface area contributed by atoms with E-state index in [1.165, 1.54) is 32.4 Å². The van der Waals surface area contributed by atoms with Crippen molar-refractivity contribution in [2.75, 3.05) is 52.4 Å². The SMILES string of the molecule is O=C1CC2(C/C=C\C=C/CN1)CCN(C(=O)NCC(=O)N1CCC(N3CCCCC3)CC1)CC2. The lowest BCUT2D eigenvalue weighted by atomic mass is 9.72. The number of nitrogens with zero attached hydrogens (tertiary/aromatic N) is 3. The monoisotopic (exact) mass is 471 g/mol. The molecule has 4 aliphatic heterocycles. The van der Waals surface area contributed by atoms with Gasteiger partial charge in [0, 0.05) is 45.2 Å². The van der Waals surface area contributed by atoms with E-state index in [0.717, 1.165) is 45.2 Å². The fourth-order valence-electron chi connectivity index (χ4n) is 5.90. The molecule has 0 bridgehead atoms. The molecule has 4 rings (SSSR count). The van der Waals surface area contributed by atoms with Crippen LogP contribution in [-0.2, 0) is 9.59 Å². The third-order valence-corrected chi connectivity index (χ3v) is 8.11. The minimum atomic E-state index is -0.172. The van der Waals surface area contributed by atoms with Crippen LogP contribution < -0.4 is 10.6 Å². The van der Waals surface area contributed by atoms with Crippen molar-refractivity contribution in [2.45, 2.75) is 63.8 Å². The van der Waals surface area contributed by atoms with E-state index >= 15 is 0 Å². The average molecular weight is 472 g/mol. The molecule has 4 aliphatic rings. The van der Waals surface area contributed by atoms with E-state index < -0.39 is 0 Å². The van der Waals surface area contributed by atoms with Crippen LogP contribution >= 0.6 is 0 Å². The summed E-state index contributed by atoms with van der Waals surface area (Å²) in [6, 6.07) is 0.434. The summed E-state index contributed by atoms with van der Waals surface area (Å²) in [5.41, 5.74) is -0.100. The van der Waals surface area contributed by atoms with E-state index in [1.54, 1.807) is 4.90 Å². The van der Waals surface area contributed by atoms with Crippen LogP contribution in [0.25, 0.3) is 0 Å². The Morgan fingerprint density at radius 3 is 2.38 bits per heavy atom. The number of hydrogen-bond acceptors (Lipinski definition) is 4. The Labute approximate surface area is 203 Å². The molecular formula is C26H41N5O3. The Kier molecular flexibility index (Phi) is 8.64. The fraction of sp³-hybridized carbons (Fsp3) is 0.731. The first-order valence-corrected chi connectivity index (χ1v) is 13.2. The second-order valence-corrected chi connectivity index (χ2v) is 10.4. The second kappa shape index (κ2) is 11.9. The summed E-state index contributed by atoms with van der Waals surface area (Å²) in [6.07, 6.45) is 17.0. The number of hydrogen-bond donors (Lipinski definition) is 2. The summed E-state index contributed by atoms with van der Waals surface area (Å²) in [6.45, 7) is 5.80. The second-order valence-electron chi connectivity index (χ2n) is 10.4. The molecule has 0 saturated carbocycles. The van der Waals surface area contributed by atoms with Crippen LogP contribution in [0, 0.1) is 5.41 Å². The number of likely N-dealkylation sites (tertiary alicyclic amines) is 3. The van der Waals surface area contributed by atoms with Gasteiger partial charge in [-0.3, -0.25) is 9.59 Å². The quantitative estimate of drug-likeness (QED) is 0.661. The van der Waals surface area contributed by atoms with E-state index in [9.17, 15) is 14.4 Å². The predicted octanol–water partition coefficient (Wildman–Crippen LogP) is 2.28. The molecule has 1 spiro atoms. The standard InChI is InChI=1S/C26H41N5O3/c32-23-20-26(10-4-1-2-5-13-27-23)11-18-31(19-12-26)25(34)28-21-24(33)30-16-8-22(9-17-30)29-14-6-3-7-15-29/h1-2,4-5,22H,3,6-21H2,(H,27,32)(H,28,34)/b4-1-,5-2-. The van der Waals surface area contributed by atoms with Crippen molar-refractivity contribution >= 4 is 17.8 Å². The van der Waals surface area contributed by atoms with Crippen LogP contribution in [0.2, 0.25) is 0 Å². The third kappa shape index (κ3) is 6.62. The molecule has 3 fully saturated rings. The van der Waals surface area contributed by atoms with E-state index in [0.29, 0.717) is 32.1 Å². The summed E-state index contributed by atoms with van der Waals surface area (Å²) >= 11 is 0. The van der Waals surface area contributed by atoms with Gasteiger partial charge in [-0.2, -0.15) is 0 Å². The van der Waals surface area contributed by atoms with Crippen molar-refractivity contribution in [1.29, 1.82) is 0 Å². The van der Waals surface area contributed by atoms with Crippen LogP contribution in [0.5, 0.6) is 0 Å². The molecule has 4 heterocycles. The van der Waals surface area contributed by atoms with E-state index in [1.807, 2.05) is 23.1 Å². The van der Waals surface area contributed by atoms with Gasteiger partial charge in [-0.25, -0.2) is 4.79 Å². The van der Waals surface area contributed by atoms with Crippen LogP contribution in [0.4, 0.5) is 4.79 Å². The number of urea groups is 1. The van der Waals surface area contributed by atoms with Crippen LogP contribution in [0.3, 0.4) is 0 Å². The van der Waals surface area contributed by atoms with Crippen LogP contribution in [-0.4, -0.2) is 90.9 Å². The van der Waals surface area contributed by atoms with Gasteiger partial charge in [-0.1, -0.05) is 30.7 Å². The number of allylic oxidation sites excluding steroid dienone is 3. The molecule has 0 aromatic carbocycles. The van der Waals surface area contributed by atoms with Gasteiger partial charge in [0.2, 0.25) is 11.8 Å². The molecule has 8 heteroatoms. The average Bonchev–Trinajstić information content (AvgIpc) is 2.87. The number of nitrogens with one attached hydrogen (secondary N) is 2. The zero-order valence-electron chi connectivity index (χ0n) is 20.5. The highest BCUT2D eigenvalue weighted by atomic mass is 16.2. The maximum absolute atomic E-state index is 12.7. The maximum Gasteiger partial charge on any atom is 0.317 e. The zero-order chi connectivity index (χ0) is 23.8. The molecule has 34 heavy (non-hydrogen) atoms. The predicted molar refractivity (Wildman–Crippen MR) is 132 cm³/mol. The number of carbonyl (C=O) groups is 3. The van der Waals surface area contributed by atoms with E-state index in [-0.39, 0.29) is 29.8 Å². The fourth-order valence-corrected chi connectivity index (χ4v) is 5.90. The Balaban J connectivity index is 1.19. The molecule has 0 aromatic heterocycles. The minimum absolute atomic E-state index is 0.0149. The number of amides is 4. The molecule has 0 unspecified atom stereocenters. The normalized spacial score (nSPS) is 26.5. The van der Waals surface area contributed by atoms with E-state index in [4.69, 9.17) is 0 Å². The first-order valence-electron chi connectivity index (χ1n) is 13.2. The highest BCUT2D eigenvalue weighted by Gasteiger charge is 2.37. The summed E-state index contributed by atoms with van der Waals surface area (Å²) in [7, 11) is 0. The number of piperidine rings is 3. The highest BCUT2D eigenvalue weighted by molar-refractivity contribution is 5.84. The molecule has 0 aliphatic carbocycles. The lowest BCUT2D eigenvalue weighted by Gasteiger charge is -2.41. The summed E-state index contributed by atoms with van der Waals surface area (Å²) in [5, 5.41) is 5.79. The first kappa shape index (κ1) is 24.8. The van der Waals surface area contributed by atoms with Crippen LogP contribution in [0.15, 0.2) is 24.3 Å². The molecule has 0 atom stereocenters. The van der Waals surface area contributed by atoms with Gasteiger partial charge >= 0.3 is 6.03 Å². The molecular weight excluding hydrogens is 430 g/mol. The summed E-state index contributed by atoms with van der Waals surface area (Å²) < 4.78 is 0. The van der Waals surface area contributed by atoms with Gasteiger partial charge in [0.05, 0.1) is 6.54 Å². The molecule has 0 aromatic rings. The maximum atomic E-state index is 12.7. The molecule has 4 amide bonds. The molecule has 188 valence electrons. The lowest BCUT2D eigenvalue weighted by Crippen LogP contribution is -2.52. The highest BCUT2D eigenvalue weighted by Crippen LogP contribution is 2.39. The lowest BCUT2D eigenvalue weighted by molar-refractivity contribution is -0.131. The first-order chi connectivity index (χ1) is 16.5. The van der Waals surface area contributed by atoms with Gasteiger partial charge in [0.25, 0.3) is 0 Å². The van der Waals surface area contributed by atoms with E-state index in [2.05, 4.69) is 21.6 Å². The van der Waals surface area contributed by atoms with Crippen molar-refractivity contribution in [3.8, 4) is 0 Å². The Hall–Kier alpha value is -2.35. The molecule has 2 N–H and O–H groups in total. The third-order valence-electron chi connectivity index (χ3n) is 8.11. The molecule has 3 saturated heterocycles. The van der Waals surface area contributed by atoms with Gasteiger partial charge in [0.1, 0.15) is 0 Å². The van der Waals surface area contributed by atoms with Crippen molar-refractivity contribution in [3.05, 3.63) is 24.3 Å². The number of rotatable bonds is 3. The summed E-state index contributed by atoms with van der Waals surface area (Å²) in [4.78, 5) is 44.1. The molecule has 8 nitrogen and oxygen atoms in total. The van der Waals surface area contributed by atoms with Gasteiger partial charge < -0.3 is 25.3 Å². The van der Waals surface area contributed by atoms with Gasteiger partial charge in [0.15, 0.2) is 0 Å². The Morgan fingerprint density at radius 1 is 0.941 bits per heavy atom. The van der Waals surface area contributed by atoms with Gasteiger partial charge in [-0.05, 0) is 63.5 Å².